The zero-order chi connectivity index (χ0) is 23.3. The number of aromatic nitrogens is 1. The van der Waals surface area contributed by atoms with Crippen LogP contribution in [0, 0.1) is 0 Å². The second-order valence-electron chi connectivity index (χ2n) is 10.2. The molecule has 5 aromatic carbocycles. The average molecular weight is 450 g/mol. The summed E-state index contributed by atoms with van der Waals surface area (Å²) < 4.78 is 8.65. The Morgan fingerprint density at radius 2 is 1.29 bits per heavy atom. The predicted molar refractivity (Wildman–Crippen MR) is 146 cm³/mol. The maximum absolute atomic E-state index is 6.24. The summed E-state index contributed by atoms with van der Waals surface area (Å²) in [5.74, 6) is 0. The van der Waals surface area contributed by atoms with Crippen molar-refractivity contribution in [3.63, 3.8) is 0 Å². The average Bonchev–Trinajstić information content (AvgIpc) is 3.49. The summed E-state index contributed by atoms with van der Waals surface area (Å²) in [6, 6.07) is 37.4. The fourth-order valence-corrected chi connectivity index (χ4v) is 6.31. The molecule has 0 N–H and O–H groups in total. The molecule has 0 atom stereocenters. The van der Waals surface area contributed by atoms with E-state index in [2.05, 4.69) is 109 Å². The minimum absolute atomic E-state index is 0.00710. The van der Waals surface area contributed by atoms with Crippen LogP contribution < -0.4 is 0 Å². The Morgan fingerprint density at radius 3 is 2.20 bits per heavy atom. The van der Waals surface area contributed by atoms with Gasteiger partial charge < -0.3 is 8.98 Å². The highest BCUT2D eigenvalue weighted by Crippen LogP contribution is 2.49. The number of fused-ring (bicyclic) bond motifs is 9. The predicted octanol–water partition coefficient (Wildman–Crippen LogP) is 8.99. The van der Waals surface area contributed by atoms with Crippen LogP contribution in [0.1, 0.15) is 25.0 Å². The lowest BCUT2D eigenvalue weighted by molar-refractivity contribution is 0.660. The highest BCUT2D eigenvalue weighted by atomic mass is 16.3. The summed E-state index contributed by atoms with van der Waals surface area (Å²) in [7, 11) is 0. The van der Waals surface area contributed by atoms with Gasteiger partial charge in [0.15, 0.2) is 0 Å². The van der Waals surface area contributed by atoms with E-state index in [1.807, 2.05) is 12.1 Å². The molecule has 0 radical (unpaired) electrons. The lowest BCUT2D eigenvalue weighted by Crippen LogP contribution is -2.14. The highest BCUT2D eigenvalue weighted by Gasteiger charge is 2.35. The van der Waals surface area contributed by atoms with Gasteiger partial charge in [-0.15, -0.1) is 0 Å². The summed E-state index contributed by atoms with van der Waals surface area (Å²) in [5, 5.41) is 4.77. The number of rotatable bonds is 1. The smallest absolute Gasteiger partial charge is 0.136 e. The number of benzene rings is 5. The Hall–Kier alpha value is -4.30. The van der Waals surface area contributed by atoms with Crippen molar-refractivity contribution in [2.24, 2.45) is 0 Å². The van der Waals surface area contributed by atoms with E-state index in [0.29, 0.717) is 0 Å². The fourth-order valence-electron chi connectivity index (χ4n) is 6.31. The summed E-state index contributed by atoms with van der Waals surface area (Å²) >= 11 is 0. The van der Waals surface area contributed by atoms with Gasteiger partial charge in [0.25, 0.3) is 0 Å². The van der Waals surface area contributed by atoms with Gasteiger partial charge in [0.1, 0.15) is 11.2 Å². The highest BCUT2D eigenvalue weighted by molar-refractivity contribution is 6.17. The third kappa shape index (κ3) is 2.39. The molecule has 0 bridgehead atoms. The minimum atomic E-state index is 0.00710. The van der Waals surface area contributed by atoms with Crippen LogP contribution in [-0.2, 0) is 5.41 Å². The molecule has 35 heavy (non-hydrogen) atoms. The summed E-state index contributed by atoms with van der Waals surface area (Å²) in [5.41, 5.74) is 11.0. The molecule has 7 aromatic rings. The number of hydrogen-bond donors (Lipinski definition) is 0. The molecule has 2 aromatic heterocycles. The number of para-hydroxylation sites is 2. The lowest BCUT2D eigenvalue weighted by atomic mass is 9.82. The third-order valence-corrected chi connectivity index (χ3v) is 8.00. The number of nitrogens with zero attached hydrogens (tertiary/aromatic N) is 1. The van der Waals surface area contributed by atoms with Crippen LogP contribution >= 0.6 is 0 Å². The van der Waals surface area contributed by atoms with E-state index in [1.165, 1.54) is 49.7 Å². The Balaban J connectivity index is 1.48. The van der Waals surface area contributed by atoms with Gasteiger partial charge in [-0.25, -0.2) is 0 Å². The standard InChI is InChI=1S/C33H23NO/c1-33(2)27-12-6-3-9-21(27)24-17-20(15-16-28(24)33)34-29-13-7-4-10-22(29)25-19-32-26(18-30(25)34)23-11-5-8-14-31(23)35-32/h3-19H,1-2H3. The van der Waals surface area contributed by atoms with Crippen LogP contribution in [-0.4, -0.2) is 4.57 Å². The molecule has 0 amide bonds. The van der Waals surface area contributed by atoms with Gasteiger partial charge >= 0.3 is 0 Å². The second-order valence-corrected chi connectivity index (χ2v) is 10.2. The molecular weight excluding hydrogens is 426 g/mol. The Kier molecular flexibility index (Phi) is 3.50. The molecule has 8 rings (SSSR count). The van der Waals surface area contributed by atoms with E-state index in [-0.39, 0.29) is 5.41 Å². The van der Waals surface area contributed by atoms with E-state index in [0.717, 1.165) is 21.9 Å². The van der Waals surface area contributed by atoms with Crippen molar-refractivity contribution in [1.29, 1.82) is 0 Å². The van der Waals surface area contributed by atoms with E-state index in [9.17, 15) is 0 Å². The molecular formula is C33H23NO. The van der Waals surface area contributed by atoms with Gasteiger partial charge in [0.05, 0.1) is 11.0 Å². The van der Waals surface area contributed by atoms with Gasteiger partial charge in [-0.1, -0.05) is 80.6 Å². The molecule has 0 fully saturated rings. The van der Waals surface area contributed by atoms with Crippen molar-refractivity contribution >= 4 is 43.7 Å². The molecule has 2 heterocycles. The summed E-state index contributed by atoms with van der Waals surface area (Å²) in [6.07, 6.45) is 0. The van der Waals surface area contributed by atoms with Crippen LogP contribution in [0.2, 0.25) is 0 Å². The first-order chi connectivity index (χ1) is 17.1. The van der Waals surface area contributed by atoms with Crippen LogP contribution in [0.5, 0.6) is 0 Å². The molecule has 2 heteroatoms. The van der Waals surface area contributed by atoms with E-state index >= 15 is 0 Å². The van der Waals surface area contributed by atoms with Gasteiger partial charge in [-0.05, 0) is 58.7 Å². The Bertz CT molecular complexity index is 1980. The van der Waals surface area contributed by atoms with Crippen molar-refractivity contribution in [2.45, 2.75) is 19.3 Å². The van der Waals surface area contributed by atoms with Crippen molar-refractivity contribution < 1.29 is 4.42 Å². The SMILES string of the molecule is CC1(C)c2ccccc2-c2cc(-n3c4ccccc4c4cc5oc6ccccc6c5cc43)ccc21. The van der Waals surface area contributed by atoms with Gasteiger partial charge in [-0.2, -0.15) is 0 Å². The lowest BCUT2D eigenvalue weighted by Gasteiger charge is -2.21. The molecule has 2 nitrogen and oxygen atoms in total. The topological polar surface area (TPSA) is 18.1 Å². The van der Waals surface area contributed by atoms with E-state index in [1.54, 1.807) is 0 Å². The molecule has 166 valence electrons. The largest absolute Gasteiger partial charge is 0.456 e. The van der Waals surface area contributed by atoms with E-state index < -0.39 is 0 Å². The first kappa shape index (κ1) is 19.1. The molecule has 0 aliphatic heterocycles. The van der Waals surface area contributed by atoms with Crippen LogP contribution in [0.25, 0.3) is 60.6 Å². The number of hydrogen-bond acceptors (Lipinski definition) is 1. The molecule has 1 aliphatic carbocycles. The summed E-state index contributed by atoms with van der Waals surface area (Å²) in [4.78, 5) is 0. The van der Waals surface area contributed by atoms with Crippen molar-refractivity contribution in [3.8, 4) is 16.8 Å². The fraction of sp³-hybridized carbons (Fsp3) is 0.0909. The second kappa shape index (κ2) is 6.43. The van der Waals surface area contributed by atoms with Crippen molar-refractivity contribution in [1.82, 2.24) is 4.57 Å². The van der Waals surface area contributed by atoms with Gasteiger partial charge in [0.2, 0.25) is 0 Å². The maximum Gasteiger partial charge on any atom is 0.136 e. The zero-order valence-corrected chi connectivity index (χ0v) is 19.7. The monoisotopic (exact) mass is 449 g/mol. The molecule has 0 unspecified atom stereocenters. The van der Waals surface area contributed by atoms with Crippen molar-refractivity contribution in [3.05, 3.63) is 114 Å². The Labute approximate surface area is 203 Å². The normalized spacial score (nSPS) is 14.2. The summed E-state index contributed by atoms with van der Waals surface area (Å²) in [6.45, 7) is 4.66. The zero-order valence-electron chi connectivity index (χ0n) is 19.7. The minimum Gasteiger partial charge on any atom is -0.456 e. The van der Waals surface area contributed by atoms with E-state index in [4.69, 9.17) is 4.42 Å². The first-order valence-corrected chi connectivity index (χ1v) is 12.2. The molecule has 0 spiro atoms. The quantitative estimate of drug-likeness (QED) is 0.244. The maximum atomic E-state index is 6.24. The van der Waals surface area contributed by atoms with Crippen LogP contribution in [0.3, 0.4) is 0 Å². The molecule has 1 aliphatic rings. The molecule has 0 saturated carbocycles. The van der Waals surface area contributed by atoms with Crippen molar-refractivity contribution in [2.75, 3.05) is 0 Å². The Morgan fingerprint density at radius 1 is 0.543 bits per heavy atom. The first-order valence-electron chi connectivity index (χ1n) is 12.2. The van der Waals surface area contributed by atoms with Crippen LogP contribution in [0.4, 0.5) is 0 Å². The van der Waals surface area contributed by atoms with Crippen LogP contribution in [0.15, 0.2) is 108 Å². The molecule has 0 saturated heterocycles. The van der Waals surface area contributed by atoms with Gasteiger partial charge in [-0.3, -0.25) is 0 Å². The number of furan rings is 1. The third-order valence-electron chi connectivity index (χ3n) is 8.00. The van der Waals surface area contributed by atoms with Gasteiger partial charge in [0, 0.05) is 32.6 Å².